The van der Waals surface area contributed by atoms with Crippen molar-refractivity contribution in [3.8, 4) is 11.1 Å². The highest BCUT2D eigenvalue weighted by Crippen LogP contribution is 2.36. The molecule has 0 radical (unpaired) electrons. The second-order valence-corrected chi connectivity index (χ2v) is 14.1. The summed E-state index contributed by atoms with van der Waals surface area (Å²) in [6, 6.07) is 17.1. The van der Waals surface area contributed by atoms with Crippen molar-refractivity contribution in [1.82, 2.24) is 19.7 Å². The second kappa shape index (κ2) is 14.3. The highest BCUT2D eigenvalue weighted by atomic mass is 32.1. The van der Waals surface area contributed by atoms with Gasteiger partial charge in [-0.15, -0.1) is 0 Å². The Kier molecular flexibility index (Phi) is 9.65. The van der Waals surface area contributed by atoms with Gasteiger partial charge in [0.15, 0.2) is 10.8 Å². The Morgan fingerprint density at radius 2 is 1.86 bits per heavy atom. The fraction of sp³-hybridized carbons (Fsp3) is 0.378. The summed E-state index contributed by atoms with van der Waals surface area (Å²) in [5, 5.41) is 37.7. The number of pyridine rings is 1. The fourth-order valence-electron chi connectivity index (χ4n) is 7.10. The maximum atomic E-state index is 13.5. The number of aromatic nitrogens is 4. The third kappa shape index (κ3) is 6.86. The molecule has 0 spiro atoms. The van der Waals surface area contributed by atoms with Gasteiger partial charge in [-0.25, -0.2) is 14.8 Å². The number of aliphatic hydroxyl groups is 2. The van der Waals surface area contributed by atoms with Crippen LogP contribution >= 0.6 is 11.3 Å². The fourth-order valence-corrected chi connectivity index (χ4v) is 7.96. The number of nitrogens with one attached hydrogen (secondary N) is 1. The third-order valence-electron chi connectivity index (χ3n) is 9.83. The highest BCUT2D eigenvalue weighted by molar-refractivity contribution is 7.22. The lowest BCUT2D eigenvalue weighted by Gasteiger charge is -2.38. The van der Waals surface area contributed by atoms with Crippen LogP contribution in [-0.2, 0) is 24.2 Å². The largest absolute Gasteiger partial charge is 0.476 e. The molecular weight excluding hydrogens is 657 g/mol. The Labute approximate surface area is 293 Å². The number of para-hydroxylation sites is 1. The van der Waals surface area contributed by atoms with E-state index in [9.17, 15) is 24.9 Å². The average molecular weight is 697 g/mol. The van der Waals surface area contributed by atoms with Crippen molar-refractivity contribution in [3.63, 3.8) is 0 Å². The van der Waals surface area contributed by atoms with Crippen LogP contribution in [0.1, 0.15) is 69.8 Å². The number of rotatable bonds is 11. The smallest absolute Gasteiger partial charge is 0.355 e. The van der Waals surface area contributed by atoms with E-state index in [-0.39, 0.29) is 24.8 Å². The van der Waals surface area contributed by atoms with Crippen molar-refractivity contribution in [3.05, 3.63) is 88.9 Å². The van der Waals surface area contributed by atoms with Crippen molar-refractivity contribution in [2.45, 2.75) is 70.2 Å². The maximum absolute atomic E-state index is 13.5. The molecule has 3 aromatic heterocycles. The Bertz CT molecular complexity index is 2000. The van der Waals surface area contributed by atoms with Crippen LogP contribution in [0, 0.1) is 6.92 Å². The van der Waals surface area contributed by atoms with Crippen LogP contribution in [0.25, 0.3) is 21.3 Å². The van der Waals surface area contributed by atoms with Crippen molar-refractivity contribution < 1.29 is 29.6 Å². The highest BCUT2D eigenvalue weighted by Gasteiger charge is 2.35. The molecule has 12 nitrogen and oxygen atoms in total. The van der Waals surface area contributed by atoms with Crippen LogP contribution in [0.3, 0.4) is 0 Å². The van der Waals surface area contributed by atoms with Gasteiger partial charge < -0.3 is 25.0 Å². The Morgan fingerprint density at radius 1 is 1.04 bits per heavy atom. The molecule has 2 aromatic carbocycles. The van der Waals surface area contributed by atoms with E-state index in [2.05, 4.69) is 20.4 Å². The van der Waals surface area contributed by atoms with Crippen LogP contribution in [0.2, 0.25) is 0 Å². The van der Waals surface area contributed by atoms with Gasteiger partial charge in [-0.05, 0) is 67.6 Å². The number of carboxylic acid groups (broad SMARTS) is 1. The summed E-state index contributed by atoms with van der Waals surface area (Å²) in [5.41, 5.74) is 4.64. The van der Waals surface area contributed by atoms with Gasteiger partial charge in [-0.1, -0.05) is 54.9 Å². The molecule has 0 saturated heterocycles. The first-order chi connectivity index (χ1) is 24.2. The lowest BCUT2D eigenvalue weighted by molar-refractivity contribution is -0.115. The number of amides is 1. The van der Waals surface area contributed by atoms with Gasteiger partial charge in [0.25, 0.3) is 5.91 Å². The normalized spacial score (nSPS) is 16.3. The van der Waals surface area contributed by atoms with Gasteiger partial charge in [-0.2, -0.15) is 5.10 Å². The molecule has 0 bridgehead atoms. The first-order valence-electron chi connectivity index (χ1n) is 17.0. The van der Waals surface area contributed by atoms with Gasteiger partial charge in [0.2, 0.25) is 0 Å². The van der Waals surface area contributed by atoms with Gasteiger partial charge in [0.05, 0.1) is 41.8 Å². The zero-order valence-electron chi connectivity index (χ0n) is 27.8. The van der Waals surface area contributed by atoms with Crippen molar-refractivity contribution >= 4 is 44.4 Å². The minimum absolute atomic E-state index is 0.0362. The van der Waals surface area contributed by atoms with E-state index in [1.807, 2.05) is 65.0 Å². The topological polar surface area (TPSA) is 163 Å². The van der Waals surface area contributed by atoms with E-state index in [4.69, 9.17) is 4.74 Å². The Morgan fingerprint density at radius 3 is 2.64 bits per heavy atom. The number of carbonyl (C=O) groups excluding carboxylic acids is 1. The number of benzene rings is 2. The SMILES string of the molecule is Cc1c(-c2ccc(N3CCc4cccc(C(=O)Nc5nc6ccccc6s5)c4C3)nc2C(=O)O)cnn1CC1(OCC(O)CO)CCCCC1. The average Bonchev–Trinajstić information content (AvgIpc) is 3.71. The summed E-state index contributed by atoms with van der Waals surface area (Å²) in [5.74, 6) is -0.873. The summed E-state index contributed by atoms with van der Waals surface area (Å²) in [6.07, 6.45) is 6.10. The predicted octanol–water partition coefficient (Wildman–Crippen LogP) is 5.45. The zero-order chi connectivity index (χ0) is 34.8. The first-order valence-corrected chi connectivity index (χ1v) is 17.8. The molecule has 1 fully saturated rings. The number of carboxylic acids is 1. The van der Waals surface area contributed by atoms with Crippen molar-refractivity contribution in [2.75, 3.05) is 30.0 Å². The Hall–Kier alpha value is -4.69. The van der Waals surface area contributed by atoms with E-state index in [1.165, 1.54) is 11.3 Å². The minimum atomic E-state index is -1.15. The Balaban J connectivity index is 1.12. The molecule has 4 N–H and O–H groups in total. The van der Waals surface area contributed by atoms with E-state index in [0.29, 0.717) is 53.7 Å². The van der Waals surface area contributed by atoms with E-state index < -0.39 is 17.7 Å². The van der Waals surface area contributed by atoms with Crippen molar-refractivity contribution in [2.24, 2.45) is 0 Å². The van der Waals surface area contributed by atoms with E-state index in [1.54, 1.807) is 12.3 Å². The number of ether oxygens (including phenoxy) is 1. The summed E-state index contributed by atoms with van der Waals surface area (Å²) in [6.45, 7) is 3.04. The second-order valence-electron chi connectivity index (χ2n) is 13.1. The molecule has 2 aliphatic rings. The standard InChI is InChI=1S/C37H40N6O6S/c1-23-28(18-38-43(23)22-37(15-5-2-6-16-37)49-21-25(45)20-44)26-12-13-32(40-33(26)35(47)48)42-17-14-24-8-7-9-27(29(24)19-42)34(46)41-36-39-30-10-3-4-11-31(30)50-36/h3-4,7-13,18,25,44-45H,2,5-6,14-17,19-22H2,1H3,(H,47,48)(H,39,41,46). The van der Waals surface area contributed by atoms with E-state index in [0.717, 1.165) is 59.1 Å². The number of hydrogen-bond donors (Lipinski definition) is 4. The summed E-state index contributed by atoms with van der Waals surface area (Å²) < 4.78 is 9.06. The van der Waals surface area contributed by atoms with E-state index >= 15 is 0 Å². The lowest BCUT2D eigenvalue weighted by atomic mass is 9.84. The zero-order valence-corrected chi connectivity index (χ0v) is 28.7. The minimum Gasteiger partial charge on any atom is -0.476 e. The predicted molar refractivity (Wildman–Crippen MR) is 191 cm³/mol. The summed E-state index contributed by atoms with van der Waals surface area (Å²) >= 11 is 1.42. The molecule has 1 aliphatic carbocycles. The molecule has 1 unspecified atom stereocenters. The van der Waals surface area contributed by atoms with Gasteiger partial charge in [0, 0.05) is 35.5 Å². The van der Waals surface area contributed by atoms with Gasteiger partial charge in [0.1, 0.15) is 11.9 Å². The summed E-state index contributed by atoms with van der Waals surface area (Å²) in [7, 11) is 0. The third-order valence-corrected chi connectivity index (χ3v) is 10.8. The molecule has 13 heteroatoms. The molecule has 4 heterocycles. The van der Waals surface area contributed by atoms with Gasteiger partial charge in [-0.3, -0.25) is 14.8 Å². The van der Waals surface area contributed by atoms with Crippen LogP contribution in [0.4, 0.5) is 10.9 Å². The van der Waals surface area contributed by atoms with Crippen LogP contribution in [0.15, 0.2) is 60.8 Å². The number of nitrogens with zero attached hydrogens (tertiary/aromatic N) is 5. The number of hydrogen-bond acceptors (Lipinski definition) is 10. The van der Waals surface area contributed by atoms with Crippen LogP contribution < -0.4 is 10.2 Å². The molecule has 7 rings (SSSR count). The number of fused-ring (bicyclic) bond motifs is 2. The monoisotopic (exact) mass is 696 g/mol. The lowest BCUT2D eigenvalue weighted by Crippen LogP contribution is -2.42. The molecule has 1 saturated carbocycles. The number of thiazole rings is 1. The molecule has 1 atom stereocenters. The molecule has 1 amide bonds. The number of aromatic carboxylic acids is 1. The maximum Gasteiger partial charge on any atom is 0.355 e. The van der Waals surface area contributed by atoms with Crippen LogP contribution in [-0.4, -0.2) is 78.4 Å². The van der Waals surface area contributed by atoms with Crippen molar-refractivity contribution in [1.29, 1.82) is 0 Å². The van der Waals surface area contributed by atoms with Gasteiger partial charge >= 0.3 is 5.97 Å². The summed E-state index contributed by atoms with van der Waals surface area (Å²) in [4.78, 5) is 37.4. The number of anilines is 2. The molecule has 5 aromatic rings. The molecule has 260 valence electrons. The van der Waals surface area contributed by atoms with Crippen LogP contribution in [0.5, 0.6) is 0 Å². The number of carbonyl (C=O) groups is 2. The quantitative estimate of drug-likeness (QED) is 0.140. The first kappa shape index (κ1) is 33.8. The molecule has 1 aliphatic heterocycles. The molecular formula is C37H40N6O6S. The molecule has 50 heavy (non-hydrogen) atoms. The number of aliphatic hydroxyl groups excluding tert-OH is 2.